The number of phenolic OH excluding ortho intramolecular Hbond substituents is 1. The summed E-state index contributed by atoms with van der Waals surface area (Å²) in [6.45, 7) is 3.70. The van der Waals surface area contributed by atoms with Crippen LogP contribution in [0.4, 0.5) is 0 Å². The van der Waals surface area contributed by atoms with Gasteiger partial charge in [0.25, 0.3) is 0 Å². The first-order valence-corrected chi connectivity index (χ1v) is 6.76. The maximum atomic E-state index is 11.3. The molecule has 0 spiro atoms. The molecule has 110 valence electrons. The summed E-state index contributed by atoms with van der Waals surface area (Å²) in [4.78, 5) is 13.4. The number of nitrogens with zero attached hydrogens (tertiary/aromatic N) is 1. The fourth-order valence-electron chi connectivity index (χ4n) is 2.70. The van der Waals surface area contributed by atoms with Crippen LogP contribution in [0.15, 0.2) is 18.2 Å². The van der Waals surface area contributed by atoms with Crippen molar-refractivity contribution in [1.29, 1.82) is 0 Å². The van der Waals surface area contributed by atoms with E-state index in [1.54, 1.807) is 26.2 Å². The fourth-order valence-corrected chi connectivity index (χ4v) is 2.70. The lowest BCUT2D eigenvalue weighted by molar-refractivity contribution is -0.151. The van der Waals surface area contributed by atoms with Crippen LogP contribution >= 0.6 is 0 Å². The Morgan fingerprint density at radius 3 is 2.85 bits per heavy atom. The molecule has 0 saturated carbocycles. The second-order valence-corrected chi connectivity index (χ2v) is 5.67. The number of hydrogen-bond donors (Lipinski definition) is 2. The minimum atomic E-state index is -0.749. The number of rotatable bonds is 4. The van der Waals surface area contributed by atoms with Crippen molar-refractivity contribution in [3.05, 3.63) is 23.8 Å². The van der Waals surface area contributed by atoms with Crippen LogP contribution in [0.5, 0.6) is 11.5 Å². The molecule has 1 aromatic rings. The number of benzene rings is 1. The van der Waals surface area contributed by atoms with E-state index in [1.165, 1.54) is 0 Å². The zero-order chi connectivity index (χ0) is 14.8. The maximum absolute atomic E-state index is 11.3. The number of likely N-dealkylation sites (tertiary alicyclic amines) is 1. The van der Waals surface area contributed by atoms with E-state index in [2.05, 4.69) is 4.90 Å². The summed E-state index contributed by atoms with van der Waals surface area (Å²) in [7, 11) is 1.55. The summed E-state index contributed by atoms with van der Waals surface area (Å²) in [5.41, 5.74) is 0.0980. The molecule has 1 aromatic carbocycles. The minimum absolute atomic E-state index is 0.187. The van der Waals surface area contributed by atoms with Gasteiger partial charge in [-0.25, -0.2) is 0 Å². The molecular weight excluding hydrogens is 258 g/mol. The minimum Gasteiger partial charge on any atom is -0.507 e. The first-order chi connectivity index (χ1) is 9.44. The Morgan fingerprint density at radius 2 is 2.25 bits per heavy atom. The van der Waals surface area contributed by atoms with Crippen molar-refractivity contribution in [2.24, 2.45) is 5.41 Å². The molecular formula is C15H21NO4. The van der Waals surface area contributed by atoms with E-state index in [1.807, 2.05) is 6.07 Å². The molecule has 1 saturated heterocycles. The second-order valence-electron chi connectivity index (χ2n) is 5.67. The summed E-state index contributed by atoms with van der Waals surface area (Å²) in [5.74, 6) is 0.0494. The van der Waals surface area contributed by atoms with Gasteiger partial charge in [0.05, 0.1) is 12.5 Å². The quantitative estimate of drug-likeness (QED) is 0.883. The predicted octanol–water partition coefficient (Wildman–Crippen LogP) is 2.09. The van der Waals surface area contributed by atoms with E-state index in [0.717, 1.165) is 18.5 Å². The summed E-state index contributed by atoms with van der Waals surface area (Å²) < 4.78 is 5.05. The summed E-state index contributed by atoms with van der Waals surface area (Å²) >= 11 is 0. The molecule has 2 rings (SSSR count). The number of carboxylic acid groups (broad SMARTS) is 1. The number of ether oxygens (including phenoxy) is 1. The molecule has 1 unspecified atom stereocenters. The van der Waals surface area contributed by atoms with Crippen molar-refractivity contribution in [3.8, 4) is 11.5 Å². The molecule has 2 N–H and O–H groups in total. The SMILES string of the molecule is COc1ccc(CN2CCCC(C)(C(=O)O)C2)c(O)c1. The van der Waals surface area contributed by atoms with Gasteiger partial charge in [-0.3, -0.25) is 9.69 Å². The van der Waals surface area contributed by atoms with Crippen LogP contribution in [0, 0.1) is 5.41 Å². The van der Waals surface area contributed by atoms with Crippen LogP contribution in [0.25, 0.3) is 0 Å². The first-order valence-electron chi connectivity index (χ1n) is 6.76. The Hall–Kier alpha value is -1.75. The number of methoxy groups -OCH3 is 1. The molecule has 1 fully saturated rings. The van der Waals surface area contributed by atoms with Crippen molar-refractivity contribution in [1.82, 2.24) is 4.90 Å². The van der Waals surface area contributed by atoms with Gasteiger partial charge in [-0.05, 0) is 32.4 Å². The van der Waals surface area contributed by atoms with Crippen molar-refractivity contribution < 1.29 is 19.7 Å². The Bertz CT molecular complexity index is 503. The molecule has 1 heterocycles. The highest BCUT2D eigenvalue weighted by molar-refractivity contribution is 5.74. The summed E-state index contributed by atoms with van der Waals surface area (Å²) in [5, 5.41) is 19.3. The summed E-state index contributed by atoms with van der Waals surface area (Å²) in [6.07, 6.45) is 1.56. The molecule has 1 aliphatic heterocycles. The molecule has 1 atom stereocenters. The fraction of sp³-hybridized carbons (Fsp3) is 0.533. The van der Waals surface area contributed by atoms with Crippen LogP contribution in [-0.4, -0.2) is 41.3 Å². The Labute approximate surface area is 118 Å². The van der Waals surface area contributed by atoms with Crippen LogP contribution in [0.1, 0.15) is 25.3 Å². The molecule has 0 aromatic heterocycles. The third-order valence-electron chi connectivity index (χ3n) is 3.98. The van der Waals surface area contributed by atoms with Crippen molar-refractivity contribution in [2.75, 3.05) is 20.2 Å². The maximum Gasteiger partial charge on any atom is 0.310 e. The van der Waals surface area contributed by atoms with E-state index in [0.29, 0.717) is 25.3 Å². The smallest absolute Gasteiger partial charge is 0.310 e. The second kappa shape index (κ2) is 5.71. The number of aromatic hydroxyl groups is 1. The highest BCUT2D eigenvalue weighted by Crippen LogP contribution is 2.32. The number of hydrogen-bond acceptors (Lipinski definition) is 4. The van der Waals surface area contributed by atoms with Crippen LogP contribution in [-0.2, 0) is 11.3 Å². The third-order valence-corrected chi connectivity index (χ3v) is 3.98. The first kappa shape index (κ1) is 14.7. The summed E-state index contributed by atoms with van der Waals surface area (Å²) in [6, 6.07) is 5.20. The van der Waals surface area contributed by atoms with Crippen LogP contribution in [0.2, 0.25) is 0 Å². The Kier molecular flexibility index (Phi) is 4.18. The molecule has 5 heteroatoms. The lowest BCUT2D eigenvalue weighted by atomic mass is 9.82. The van der Waals surface area contributed by atoms with E-state index in [4.69, 9.17) is 4.74 Å². The number of carboxylic acids is 1. The van der Waals surface area contributed by atoms with Crippen molar-refractivity contribution in [3.63, 3.8) is 0 Å². The number of carbonyl (C=O) groups is 1. The normalized spacial score (nSPS) is 23.5. The predicted molar refractivity (Wildman–Crippen MR) is 74.9 cm³/mol. The van der Waals surface area contributed by atoms with E-state index >= 15 is 0 Å². The molecule has 0 amide bonds. The molecule has 0 aliphatic carbocycles. The number of phenols is 1. The Balaban J connectivity index is 2.08. The standard InChI is InChI=1S/C15H21NO4/c1-15(14(18)19)6-3-7-16(10-15)9-11-4-5-12(20-2)8-13(11)17/h4-5,8,17H,3,6-7,9-10H2,1-2H3,(H,18,19). The van der Waals surface area contributed by atoms with E-state index < -0.39 is 11.4 Å². The largest absolute Gasteiger partial charge is 0.507 e. The lowest BCUT2D eigenvalue weighted by Gasteiger charge is -2.37. The van der Waals surface area contributed by atoms with Gasteiger partial charge in [0.15, 0.2) is 0 Å². The van der Waals surface area contributed by atoms with Gasteiger partial charge in [-0.2, -0.15) is 0 Å². The highest BCUT2D eigenvalue weighted by Gasteiger charge is 2.37. The van der Waals surface area contributed by atoms with Crippen LogP contribution in [0.3, 0.4) is 0 Å². The molecule has 0 bridgehead atoms. The van der Waals surface area contributed by atoms with Gasteiger partial charge < -0.3 is 14.9 Å². The van der Waals surface area contributed by atoms with Gasteiger partial charge in [-0.1, -0.05) is 6.07 Å². The lowest BCUT2D eigenvalue weighted by Crippen LogP contribution is -2.45. The van der Waals surface area contributed by atoms with Gasteiger partial charge in [0.2, 0.25) is 0 Å². The number of aliphatic carboxylic acids is 1. The van der Waals surface area contributed by atoms with Crippen molar-refractivity contribution >= 4 is 5.97 Å². The van der Waals surface area contributed by atoms with Gasteiger partial charge >= 0.3 is 5.97 Å². The third kappa shape index (κ3) is 3.04. The Morgan fingerprint density at radius 1 is 1.50 bits per heavy atom. The molecule has 0 radical (unpaired) electrons. The zero-order valence-electron chi connectivity index (χ0n) is 11.9. The van der Waals surface area contributed by atoms with Gasteiger partial charge in [0, 0.05) is 24.7 Å². The van der Waals surface area contributed by atoms with Gasteiger partial charge in [-0.15, -0.1) is 0 Å². The average molecular weight is 279 g/mol. The highest BCUT2D eigenvalue weighted by atomic mass is 16.5. The molecule has 5 nitrogen and oxygen atoms in total. The average Bonchev–Trinajstić information content (AvgIpc) is 2.41. The monoisotopic (exact) mass is 279 g/mol. The zero-order valence-corrected chi connectivity index (χ0v) is 11.9. The molecule has 1 aliphatic rings. The van der Waals surface area contributed by atoms with Crippen molar-refractivity contribution in [2.45, 2.75) is 26.3 Å². The molecule has 20 heavy (non-hydrogen) atoms. The van der Waals surface area contributed by atoms with E-state index in [9.17, 15) is 15.0 Å². The van der Waals surface area contributed by atoms with E-state index in [-0.39, 0.29) is 5.75 Å². The van der Waals surface area contributed by atoms with Gasteiger partial charge in [0.1, 0.15) is 11.5 Å². The number of piperidine rings is 1. The topological polar surface area (TPSA) is 70.0 Å². The van der Waals surface area contributed by atoms with Crippen LogP contribution < -0.4 is 4.74 Å².